The molecule has 4 amide bonds. The first-order valence-corrected chi connectivity index (χ1v) is 15.5. The van der Waals surface area contributed by atoms with Crippen LogP contribution in [0.25, 0.3) is 0 Å². The lowest BCUT2D eigenvalue weighted by molar-refractivity contribution is -0.131. The molecule has 226 valence electrons. The van der Waals surface area contributed by atoms with Gasteiger partial charge in [0.2, 0.25) is 23.6 Å². The lowest BCUT2D eigenvalue weighted by Crippen LogP contribution is -2.43. The molecular formula is C31H58N4O4. The van der Waals surface area contributed by atoms with Gasteiger partial charge in [-0.05, 0) is 32.1 Å². The predicted octanol–water partition coefficient (Wildman–Crippen LogP) is 5.15. The molecule has 0 aromatic rings. The van der Waals surface area contributed by atoms with Crippen LogP contribution >= 0.6 is 0 Å². The zero-order valence-electron chi connectivity index (χ0n) is 25.8. The minimum atomic E-state index is -0.386. The van der Waals surface area contributed by atoms with Crippen molar-refractivity contribution in [2.45, 2.75) is 150 Å². The molecular weight excluding hydrogens is 492 g/mol. The van der Waals surface area contributed by atoms with Crippen molar-refractivity contribution in [3.63, 3.8) is 0 Å². The minimum Gasteiger partial charge on any atom is -0.356 e. The summed E-state index contributed by atoms with van der Waals surface area (Å²) in [4.78, 5) is 47.1. The van der Waals surface area contributed by atoms with Crippen molar-refractivity contribution in [2.24, 2.45) is 10.8 Å². The maximum atomic E-state index is 12.5. The molecule has 0 bridgehead atoms. The van der Waals surface area contributed by atoms with E-state index >= 15 is 0 Å². The van der Waals surface area contributed by atoms with Crippen LogP contribution in [0.2, 0.25) is 0 Å². The molecule has 8 nitrogen and oxygen atoms in total. The van der Waals surface area contributed by atoms with Gasteiger partial charge in [0.1, 0.15) is 0 Å². The van der Waals surface area contributed by atoms with E-state index in [2.05, 4.69) is 28.2 Å². The van der Waals surface area contributed by atoms with E-state index in [1.54, 1.807) is 0 Å². The van der Waals surface area contributed by atoms with Crippen LogP contribution in [0.5, 0.6) is 0 Å². The van der Waals surface area contributed by atoms with Gasteiger partial charge in [-0.25, -0.2) is 0 Å². The van der Waals surface area contributed by atoms with Gasteiger partial charge in [-0.3, -0.25) is 19.2 Å². The molecule has 2 heterocycles. The van der Waals surface area contributed by atoms with Crippen LogP contribution in [0.1, 0.15) is 138 Å². The van der Waals surface area contributed by atoms with Crippen LogP contribution in [0.15, 0.2) is 0 Å². The summed E-state index contributed by atoms with van der Waals surface area (Å²) in [5, 5.41) is 11.7. The lowest BCUT2D eigenvalue weighted by Gasteiger charge is -2.26. The molecule has 0 aliphatic carbocycles. The van der Waals surface area contributed by atoms with Crippen LogP contribution in [0.4, 0.5) is 0 Å². The van der Waals surface area contributed by atoms with Crippen LogP contribution < -0.4 is 21.3 Å². The lowest BCUT2D eigenvalue weighted by atomic mass is 9.85. The molecule has 4 N–H and O–H groups in total. The second-order valence-electron chi connectivity index (χ2n) is 13.1. The first-order chi connectivity index (χ1) is 18.3. The summed E-state index contributed by atoms with van der Waals surface area (Å²) in [6.07, 6.45) is 15.7. The Bertz CT molecular complexity index is 760. The van der Waals surface area contributed by atoms with E-state index in [-0.39, 0.29) is 46.5 Å². The second-order valence-corrected chi connectivity index (χ2v) is 13.1. The van der Waals surface area contributed by atoms with Gasteiger partial charge in [0.15, 0.2) is 0 Å². The highest BCUT2D eigenvalue weighted by Gasteiger charge is 2.30. The Hall–Kier alpha value is -2.12. The fourth-order valence-electron chi connectivity index (χ4n) is 4.79. The van der Waals surface area contributed by atoms with Gasteiger partial charge in [-0.15, -0.1) is 0 Å². The Balaban J connectivity index is 0.000000434. The van der Waals surface area contributed by atoms with Crippen molar-refractivity contribution >= 4 is 23.6 Å². The molecule has 8 heteroatoms. The van der Waals surface area contributed by atoms with Gasteiger partial charge in [-0.1, -0.05) is 92.9 Å². The maximum Gasteiger partial charge on any atom is 0.225 e. The van der Waals surface area contributed by atoms with Crippen molar-refractivity contribution in [1.82, 2.24) is 21.3 Å². The quantitative estimate of drug-likeness (QED) is 0.252. The van der Waals surface area contributed by atoms with Crippen molar-refractivity contribution in [2.75, 3.05) is 13.1 Å². The van der Waals surface area contributed by atoms with Crippen molar-refractivity contribution in [1.29, 1.82) is 0 Å². The van der Waals surface area contributed by atoms with Gasteiger partial charge in [0.25, 0.3) is 0 Å². The number of rotatable bonds is 12. The average Bonchev–Trinajstić information content (AvgIpc) is 3.19. The van der Waals surface area contributed by atoms with Gasteiger partial charge in [0.05, 0.1) is 0 Å². The Labute approximate surface area is 238 Å². The number of hydrogen-bond acceptors (Lipinski definition) is 4. The van der Waals surface area contributed by atoms with Gasteiger partial charge in [0, 0.05) is 48.8 Å². The first-order valence-electron chi connectivity index (χ1n) is 15.5. The van der Waals surface area contributed by atoms with Crippen LogP contribution in [-0.2, 0) is 19.2 Å². The van der Waals surface area contributed by atoms with E-state index in [1.807, 2.05) is 34.6 Å². The third-order valence-electron chi connectivity index (χ3n) is 7.59. The van der Waals surface area contributed by atoms with Gasteiger partial charge >= 0.3 is 0 Å². The summed E-state index contributed by atoms with van der Waals surface area (Å²) < 4.78 is 0. The highest BCUT2D eigenvalue weighted by Crippen LogP contribution is 2.25. The summed E-state index contributed by atoms with van der Waals surface area (Å²) in [7, 11) is 0. The van der Waals surface area contributed by atoms with Crippen molar-refractivity contribution < 1.29 is 19.2 Å². The number of carbonyl (C=O) groups excluding carboxylic acids is 4. The molecule has 39 heavy (non-hydrogen) atoms. The highest BCUT2D eigenvalue weighted by atomic mass is 16.2. The average molecular weight is 551 g/mol. The topological polar surface area (TPSA) is 116 Å². The monoisotopic (exact) mass is 550 g/mol. The zero-order valence-corrected chi connectivity index (χ0v) is 25.8. The van der Waals surface area contributed by atoms with Crippen LogP contribution in [-0.4, -0.2) is 48.8 Å². The van der Waals surface area contributed by atoms with E-state index < -0.39 is 0 Å². The SMILES string of the molecule is CC(C)(C)C(=O)N[C@H]1CCCNC(=O)C1.CCCCCCCCCCC(C)(C)C(=O)N[C@H]1CCCNC(=O)C1. The molecule has 2 aliphatic heterocycles. The summed E-state index contributed by atoms with van der Waals surface area (Å²) >= 11 is 0. The van der Waals surface area contributed by atoms with Gasteiger partial charge < -0.3 is 21.3 Å². The van der Waals surface area contributed by atoms with E-state index in [9.17, 15) is 19.2 Å². The molecule has 0 aromatic heterocycles. The third kappa shape index (κ3) is 15.9. The first kappa shape index (κ1) is 34.9. The number of nitrogens with one attached hydrogen (secondary N) is 4. The Morgan fingerprint density at radius 3 is 1.62 bits per heavy atom. The summed E-state index contributed by atoms with van der Waals surface area (Å²) in [6.45, 7) is 13.4. The number of carbonyl (C=O) groups is 4. The molecule has 2 rings (SSSR count). The minimum absolute atomic E-state index is 0.000718. The van der Waals surface area contributed by atoms with E-state index in [0.29, 0.717) is 12.8 Å². The summed E-state index contributed by atoms with van der Waals surface area (Å²) in [5.74, 6) is 0.206. The Morgan fingerprint density at radius 2 is 1.15 bits per heavy atom. The smallest absolute Gasteiger partial charge is 0.225 e. The molecule has 0 saturated carbocycles. The fourth-order valence-corrected chi connectivity index (χ4v) is 4.79. The summed E-state index contributed by atoms with van der Waals surface area (Å²) in [5.41, 5.74) is -0.728. The fraction of sp³-hybridized carbons (Fsp3) is 0.871. The largest absolute Gasteiger partial charge is 0.356 e. The molecule has 2 atom stereocenters. The molecule has 0 aromatic carbocycles. The maximum absolute atomic E-state index is 12.5. The van der Waals surface area contributed by atoms with Gasteiger partial charge in [-0.2, -0.15) is 0 Å². The van der Waals surface area contributed by atoms with Crippen molar-refractivity contribution in [3.05, 3.63) is 0 Å². The molecule has 2 fully saturated rings. The molecule has 0 unspecified atom stereocenters. The Morgan fingerprint density at radius 1 is 0.718 bits per heavy atom. The third-order valence-corrected chi connectivity index (χ3v) is 7.59. The van der Waals surface area contributed by atoms with Crippen LogP contribution in [0.3, 0.4) is 0 Å². The zero-order chi connectivity index (χ0) is 29.3. The summed E-state index contributed by atoms with van der Waals surface area (Å²) in [6, 6.07) is -0.00272. The standard InChI is InChI=1S/C20H38N2O2.C11H20N2O2/c1-4-5-6-7-8-9-10-11-14-20(2,3)19(24)22-17-13-12-15-21-18(23)16-17;1-11(2,3)10(15)13-8-5-4-6-12-9(14)7-8/h17H,4-16H2,1-3H3,(H,21,23)(H,22,24);8H,4-7H2,1-3H3,(H,12,14)(H,13,15)/t17-;8-/m00/s1. The molecule has 2 saturated heterocycles. The molecule has 0 radical (unpaired) electrons. The van der Waals surface area contributed by atoms with E-state index in [1.165, 1.54) is 44.9 Å². The molecule has 0 spiro atoms. The normalized spacial score (nSPS) is 20.4. The Kier molecular flexibility index (Phi) is 16.4. The number of amides is 4. The predicted molar refractivity (Wildman–Crippen MR) is 158 cm³/mol. The number of hydrogen-bond donors (Lipinski definition) is 4. The van der Waals surface area contributed by atoms with E-state index in [4.69, 9.17) is 0 Å². The van der Waals surface area contributed by atoms with Crippen LogP contribution in [0, 0.1) is 10.8 Å². The molecule has 2 aliphatic rings. The van der Waals surface area contributed by atoms with E-state index in [0.717, 1.165) is 51.6 Å². The second kappa shape index (κ2) is 18.3. The van der Waals surface area contributed by atoms with Crippen molar-refractivity contribution in [3.8, 4) is 0 Å². The highest BCUT2D eigenvalue weighted by molar-refractivity contribution is 5.84. The number of unbranched alkanes of at least 4 members (excludes halogenated alkanes) is 7.